The smallest absolute Gasteiger partial charge is 0.290 e. The molecule has 1 aromatic rings. The summed E-state index contributed by atoms with van der Waals surface area (Å²) in [6, 6.07) is 3.37. The molecule has 1 aliphatic heterocycles. The van der Waals surface area contributed by atoms with Crippen molar-refractivity contribution in [3.8, 4) is 0 Å². The second kappa shape index (κ2) is 7.94. The second-order valence-electron chi connectivity index (χ2n) is 6.86. The van der Waals surface area contributed by atoms with Gasteiger partial charge in [0.2, 0.25) is 0 Å². The molecule has 0 fully saturated rings. The number of nitrogens with zero attached hydrogens (tertiary/aromatic N) is 2. The molecule has 5 nitrogen and oxygen atoms in total. The third kappa shape index (κ3) is 4.05. The zero-order chi connectivity index (χ0) is 17.9. The van der Waals surface area contributed by atoms with Crippen molar-refractivity contribution in [2.45, 2.75) is 32.7 Å². The van der Waals surface area contributed by atoms with E-state index in [1.807, 2.05) is 45.5 Å². The minimum atomic E-state index is -0.453. The number of hydrogen-bond acceptors (Lipinski definition) is 5. The van der Waals surface area contributed by atoms with Gasteiger partial charge in [-0.25, -0.2) is 0 Å². The molecule has 1 unspecified atom stereocenters. The monoisotopic (exact) mass is 350 g/mol. The lowest BCUT2D eigenvalue weighted by Gasteiger charge is -2.26. The number of carbonyl (C=O) groups is 2. The van der Waals surface area contributed by atoms with Gasteiger partial charge in [-0.2, -0.15) is 0 Å². The molecule has 0 saturated carbocycles. The third-order valence-electron chi connectivity index (χ3n) is 4.01. The predicted molar refractivity (Wildman–Crippen MR) is 96.1 cm³/mol. The standard InChI is InChI=1S/C18H26N2O3S/c1-12(2)11-13(21)15-16(14-7-5-10-24-14)20(18(23)17(15)22)9-6-8-19(3)4/h5,7,10,12,16,22H,6,8-9,11H2,1-4H3. The Morgan fingerprint density at radius 1 is 1.42 bits per heavy atom. The lowest BCUT2D eigenvalue weighted by atomic mass is 9.95. The summed E-state index contributed by atoms with van der Waals surface area (Å²) in [4.78, 5) is 29.8. The molecule has 0 spiro atoms. The second-order valence-corrected chi connectivity index (χ2v) is 7.84. The summed E-state index contributed by atoms with van der Waals surface area (Å²) >= 11 is 1.51. The van der Waals surface area contributed by atoms with Crippen LogP contribution in [0.1, 0.15) is 37.6 Å². The third-order valence-corrected chi connectivity index (χ3v) is 4.94. The van der Waals surface area contributed by atoms with E-state index in [9.17, 15) is 14.7 Å². The number of aliphatic hydroxyl groups is 1. The number of Topliss-reactive ketones (excluding diaryl/α,β-unsaturated/α-hetero) is 1. The Morgan fingerprint density at radius 2 is 2.12 bits per heavy atom. The molecule has 2 heterocycles. The predicted octanol–water partition coefficient (Wildman–Crippen LogP) is 3.01. The van der Waals surface area contributed by atoms with Crippen molar-refractivity contribution in [1.29, 1.82) is 0 Å². The average Bonchev–Trinajstić information content (AvgIpc) is 3.08. The molecule has 0 saturated heterocycles. The Balaban J connectivity index is 2.30. The number of hydrogen-bond donors (Lipinski definition) is 1. The van der Waals surface area contributed by atoms with Gasteiger partial charge in [0.05, 0.1) is 11.6 Å². The first-order valence-corrected chi connectivity index (χ1v) is 9.16. The highest BCUT2D eigenvalue weighted by Crippen LogP contribution is 2.40. The Kier molecular flexibility index (Phi) is 6.18. The molecule has 1 amide bonds. The average molecular weight is 350 g/mol. The minimum Gasteiger partial charge on any atom is -0.503 e. The normalized spacial score (nSPS) is 18.3. The molecule has 2 rings (SSSR count). The molecular formula is C18H26N2O3S. The SMILES string of the molecule is CC(C)CC(=O)C1=C(O)C(=O)N(CCCN(C)C)C1c1cccs1. The minimum absolute atomic E-state index is 0.135. The van der Waals surface area contributed by atoms with Crippen LogP contribution in [-0.4, -0.2) is 53.8 Å². The topological polar surface area (TPSA) is 60.9 Å². The number of aliphatic hydroxyl groups excluding tert-OH is 1. The molecule has 1 atom stereocenters. The van der Waals surface area contributed by atoms with Crippen LogP contribution < -0.4 is 0 Å². The summed E-state index contributed by atoms with van der Waals surface area (Å²) in [5, 5.41) is 12.3. The van der Waals surface area contributed by atoms with Gasteiger partial charge in [0.1, 0.15) is 0 Å². The van der Waals surface area contributed by atoms with E-state index in [0.717, 1.165) is 17.8 Å². The molecule has 0 aromatic carbocycles. The maximum atomic E-state index is 12.6. The van der Waals surface area contributed by atoms with Crippen LogP contribution in [0.15, 0.2) is 28.8 Å². The van der Waals surface area contributed by atoms with Gasteiger partial charge in [-0.3, -0.25) is 9.59 Å². The van der Waals surface area contributed by atoms with Crippen molar-refractivity contribution in [2.75, 3.05) is 27.2 Å². The van der Waals surface area contributed by atoms with Crippen molar-refractivity contribution >= 4 is 23.0 Å². The molecule has 1 aromatic heterocycles. The zero-order valence-electron chi connectivity index (χ0n) is 14.8. The van der Waals surface area contributed by atoms with E-state index in [1.54, 1.807) is 4.90 Å². The molecule has 0 aliphatic carbocycles. The molecule has 1 aliphatic rings. The Morgan fingerprint density at radius 3 is 2.67 bits per heavy atom. The van der Waals surface area contributed by atoms with Crippen LogP contribution in [0.5, 0.6) is 0 Å². The summed E-state index contributed by atoms with van der Waals surface area (Å²) in [6.45, 7) is 5.28. The molecule has 1 N–H and O–H groups in total. The van der Waals surface area contributed by atoms with Crippen LogP contribution in [0, 0.1) is 5.92 Å². The van der Waals surface area contributed by atoms with E-state index in [2.05, 4.69) is 4.90 Å². The lowest BCUT2D eigenvalue weighted by Crippen LogP contribution is -2.33. The number of thiophene rings is 1. The van der Waals surface area contributed by atoms with Crippen molar-refractivity contribution < 1.29 is 14.7 Å². The van der Waals surface area contributed by atoms with Gasteiger partial charge in [-0.05, 0) is 44.4 Å². The molecule has 24 heavy (non-hydrogen) atoms. The summed E-state index contributed by atoms with van der Waals surface area (Å²) in [7, 11) is 3.96. The highest BCUT2D eigenvalue weighted by molar-refractivity contribution is 7.10. The fraction of sp³-hybridized carbons (Fsp3) is 0.556. The molecule has 132 valence electrons. The van der Waals surface area contributed by atoms with Gasteiger partial charge in [-0.15, -0.1) is 11.3 Å². The number of rotatable bonds is 8. The lowest BCUT2D eigenvalue weighted by molar-refractivity contribution is -0.129. The maximum absolute atomic E-state index is 12.6. The Labute approximate surface area is 147 Å². The van der Waals surface area contributed by atoms with Crippen LogP contribution in [0.25, 0.3) is 0 Å². The van der Waals surface area contributed by atoms with Gasteiger partial charge in [0, 0.05) is 17.8 Å². The fourth-order valence-corrected chi connectivity index (χ4v) is 3.80. The molecule has 0 bridgehead atoms. The zero-order valence-corrected chi connectivity index (χ0v) is 15.6. The fourth-order valence-electron chi connectivity index (χ4n) is 2.95. The summed E-state index contributed by atoms with van der Waals surface area (Å²) < 4.78 is 0. The first-order chi connectivity index (χ1) is 11.3. The first kappa shape index (κ1) is 18.7. The van der Waals surface area contributed by atoms with E-state index in [4.69, 9.17) is 0 Å². The van der Waals surface area contributed by atoms with Crippen LogP contribution in [0.2, 0.25) is 0 Å². The van der Waals surface area contributed by atoms with E-state index in [1.165, 1.54) is 11.3 Å². The van der Waals surface area contributed by atoms with Crippen LogP contribution in [-0.2, 0) is 9.59 Å². The van der Waals surface area contributed by atoms with Crippen molar-refractivity contribution in [3.05, 3.63) is 33.7 Å². The van der Waals surface area contributed by atoms with Crippen LogP contribution in [0.3, 0.4) is 0 Å². The Bertz CT molecular complexity index is 620. The van der Waals surface area contributed by atoms with E-state index in [-0.39, 0.29) is 23.0 Å². The van der Waals surface area contributed by atoms with Crippen molar-refractivity contribution in [1.82, 2.24) is 9.80 Å². The van der Waals surface area contributed by atoms with E-state index < -0.39 is 11.9 Å². The van der Waals surface area contributed by atoms with E-state index in [0.29, 0.717) is 13.0 Å². The largest absolute Gasteiger partial charge is 0.503 e. The number of amides is 1. The van der Waals surface area contributed by atoms with Crippen LogP contribution >= 0.6 is 11.3 Å². The van der Waals surface area contributed by atoms with Gasteiger partial charge < -0.3 is 14.9 Å². The van der Waals surface area contributed by atoms with Crippen molar-refractivity contribution in [2.24, 2.45) is 5.92 Å². The highest BCUT2D eigenvalue weighted by Gasteiger charge is 2.43. The van der Waals surface area contributed by atoms with Gasteiger partial charge in [0.15, 0.2) is 11.5 Å². The Hall–Kier alpha value is -1.66. The van der Waals surface area contributed by atoms with Gasteiger partial charge in [-0.1, -0.05) is 19.9 Å². The van der Waals surface area contributed by atoms with Gasteiger partial charge in [0.25, 0.3) is 5.91 Å². The quantitative estimate of drug-likeness (QED) is 0.783. The van der Waals surface area contributed by atoms with Crippen LogP contribution in [0.4, 0.5) is 0 Å². The first-order valence-electron chi connectivity index (χ1n) is 8.28. The molecular weight excluding hydrogens is 324 g/mol. The van der Waals surface area contributed by atoms with Gasteiger partial charge >= 0.3 is 0 Å². The van der Waals surface area contributed by atoms with E-state index >= 15 is 0 Å². The maximum Gasteiger partial charge on any atom is 0.290 e. The van der Waals surface area contributed by atoms with Crippen molar-refractivity contribution in [3.63, 3.8) is 0 Å². The summed E-state index contributed by atoms with van der Waals surface area (Å²) in [5.74, 6) is -0.757. The molecule has 0 radical (unpaired) electrons. The molecule has 6 heteroatoms. The highest BCUT2D eigenvalue weighted by atomic mass is 32.1. The number of carbonyl (C=O) groups excluding carboxylic acids is 2. The summed E-state index contributed by atoms with van der Waals surface area (Å²) in [5.41, 5.74) is 0.265. The number of ketones is 1. The summed E-state index contributed by atoms with van der Waals surface area (Å²) in [6.07, 6.45) is 1.12.